The second-order valence-corrected chi connectivity index (χ2v) is 8.00. The molecule has 0 unspecified atom stereocenters. The molecule has 0 atom stereocenters. The maximum Gasteiger partial charge on any atom is 0.282 e. The quantitative estimate of drug-likeness (QED) is 0.528. The van der Waals surface area contributed by atoms with Gasteiger partial charge >= 0.3 is 0 Å². The fourth-order valence-corrected chi connectivity index (χ4v) is 3.73. The highest BCUT2D eigenvalue weighted by atomic mass is 35.5. The van der Waals surface area contributed by atoms with E-state index in [1.807, 2.05) is 32.0 Å². The third kappa shape index (κ3) is 3.84. The van der Waals surface area contributed by atoms with E-state index in [2.05, 4.69) is 5.32 Å². The molecule has 2 amide bonds. The first-order valence-electron chi connectivity index (χ1n) is 9.75. The van der Waals surface area contributed by atoms with Crippen LogP contribution in [0.5, 0.6) is 0 Å². The van der Waals surface area contributed by atoms with Gasteiger partial charge in [0, 0.05) is 10.7 Å². The Bertz CT molecular complexity index is 1270. The predicted molar refractivity (Wildman–Crippen MR) is 122 cm³/mol. The van der Waals surface area contributed by atoms with E-state index in [0.29, 0.717) is 22.0 Å². The van der Waals surface area contributed by atoms with Crippen molar-refractivity contribution in [2.45, 2.75) is 20.8 Å². The first kappa shape index (κ1) is 20.8. The number of imide groups is 1. The normalized spacial score (nSPS) is 13.9. The molecule has 1 aliphatic heterocycles. The molecule has 0 saturated heterocycles. The number of nitrogens with zero attached hydrogens (tertiary/aromatic N) is 1. The number of hydrogen-bond acceptors (Lipinski definition) is 3. The molecule has 0 aromatic heterocycles. The lowest BCUT2D eigenvalue weighted by molar-refractivity contribution is -0.120. The molecule has 0 saturated carbocycles. The predicted octanol–water partition coefficient (Wildman–Crippen LogP) is 5.80. The number of rotatable bonds is 4. The van der Waals surface area contributed by atoms with Crippen molar-refractivity contribution in [1.82, 2.24) is 0 Å². The Morgan fingerprint density at radius 1 is 0.839 bits per heavy atom. The van der Waals surface area contributed by atoms with Crippen LogP contribution in [-0.2, 0) is 9.59 Å². The van der Waals surface area contributed by atoms with E-state index in [0.717, 1.165) is 21.6 Å². The first-order valence-corrected chi connectivity index (χ1v) is 10.1. The lowest BCUT2D eigenvalue weighted by atomic mass is 9.99. The molecular formula is C25H20ClFN2O2. The lowest BCUT2D eigenvalue weighted by Gasteiger charge is -2.18. The molecule has 1 N–H and O–H groups in total. The van der Waals surface area contributed by atoms with Crippen molar-refractivity contribution in [1.29, 1.82) is 0 Å². The Balaban J connectivity index is 1.88. The zero-order chi connectivity index (χ0) is 22.3. The average Bonchev–Trinajstić information content (AvgIpc) is 2.96. The average molecular weight is 435 g/mol. The van der Waals surface area contributed by atoms with Gasteiger partial charge in [-0.25, -0.2) is 9.29 Å². The van der Waals surface area contributed by atoms with Crippen LogP contribution in [0.25, 0.3) is 5.57 Å². The van der Waals surface area contributed by atoms with E-state index >= 15 is 0 Å². The summed E-state index contributed by atoms with van der Waals surface area (Å²) < 4.78 is 13.7. The Morgan fingerprint density at radius 3 is 2.29 bits per heavy atom. The van der Waals surface area contributed by atoms with Gasteiger partial charge in [-0.3, -0.25) is 9.59 Å². The molecule has 1 aliphatic rings. The molecule has 4 rings (SSSR count). The fraction of sp³-hybridized carbons (Fsp3) is 0.120. The van der Waals surface area contributed by atoms with Gasteiger partial charge in [-0.2, -0.15) is 0 Å². The minimum atomic E-state index is -0.521. The van der Waals surface area contributed by atoms with Gasteiger partial charge in [-0.1, -0.05) is 41.9 Å². The van der Waals surface area contributed by atoms with E-state index in [-0.39, 0.29) is 11.3 Å². The number of carbonyl (C=O) groups excluding carboxylic acids is 2. The maximum absolute atomic E-state index is 13.7. The Labute approximate surface area is 185 Å². The number of halogens is 2. The summed E-state index contributed by atoms with van der Waals surface area (Å²) in [4.78, 5) is 28.1. The summed E-state index contributed by atoms with van der Waals surface area (Å²) in [5.41, 5.74) is 4.54. The standard InChI is InChI=1S/C25H20ClFN2O2/c1-14-7-9-17(11-16(14)3)22-23(28-20-6-4-5-19(27)13-20)25(31)29(24(22)30)21-12-18(26)10-8-15(21)2/h4-13,28H,1-3H3. The number of hydrogen-bond donors (Lipinski definition) is 1. The molecule has 0 aliphatic carbocycles. The van der Waals surface area contributed by atoms with Gasteiger partial charge < -0.3 is 5.32 Å². The number of anilines is 2. The van der Waals surface area contributed by atoms with E-state index in [4.69, 9.17) is 11.6 Å². The molecule has 3 aromatic rings. The summed E-state index contributed by atoms with van der Waals surface area (Å²) in [6, 6.07) is 16.4. The second-order valence-electron chi connectivity index (χ2n) is 7.56. The molecule has 3 aromatic carbocycles. The van der Waals surface area contributed by atoms with Gasteiger partial charge in [-0.15, -0.1) is 0 Å². The van der Waals surface area contributed by atoms with Crippen molar-refractivity contribution in [2.24, 2.45) is 0 Å². The largest absolute Gasteiger partial charge is 0.350 e. The van der Waals surface area contributed by atoms with Crippen molar-refractivity contribution < 1.29 is 14.0 Å². The van der Waals surface area contributed by atoms with E-state index < -0.39 is 17.6 Å². The van der Waals surface area contributed by atoms with Gasteiger partial charge in [-0.05, 0) is 73.4 Å². The summed E-state index contributed by atoms with van der Waals surface area (Å²) in [5, 5.41) is 3.39. The molecule has 1 heterocycles. The van der Waals surface area contributed by atoms with Crippen LogP contribution >= 0.6 is 11.6 Å². The number of aryl methyl sites for hydroxylation is 3. The Hall–Kier alpha value is -3.44. The topological polar surface area (TPSA) is 49.4 Å². The van der Waals surface area contributed by atoms with Gasteiger partial charge in [0.2, 0.25) is 0 Å². The van der Waals surface area contributed by atoms with E-state index in [1.54, 1.807) is 31.2 Å². The van der Waals surface area contributed by atoms with Crippen LogP contribution in [0.3, 0.4) is 0 Å². The van der Waals surface area contributed by atoms with Crippen LogP contribution in [0.4, 0.5) is 15.8 Å². The third-order valence-electron chi connectivity index (χ3n) is 5.39. The van der Waals surface area contributed by atoms with E-state index in [1.165, 1.54) is 18.2 Å². The zero-order valence-corrected chi connectivity index (χ0v) is 18.0. The molecule has 0 bridgehead atoms. The molecule has 0 spiro atoms. The maximum atomic E-state index is 13.7. The molecule has 0 radical (unpaired) electrons. The summed E-state index contributed by atoms with van der Waals surface area (Å²) in [6.45, 7) is 5.72. The van der Waals surface area contributed by atoms with Crippen molar-refractivity contribution in [3.05, 3.63) is 99.5 Å². The van der Waals surface area contributed by atoms with Crippen molar-refractivity contribution in [3.8, 4) is 0 Å². The molecule has 4 nitrogen and oxygen atoms in total. The summed E-state index contributed by atoms with van der Waals surface area (Å²) in [5.74, 6) is -1.43. The van der Waals surface area contributed by atoms with Gasteiger partial charge in [0.25, 0.3) is 11.8 Å². The monoisotopic (exact) mass is 434 g/mol. The SMILES string of the molecule is Cc1ccc(C2=C(Nc3cccc(F)c3)C(=O)N(c3cc(Cl)ccc3C)C2=O)cc1C. The minimum absolute atomic E-state index is 0.0956. The van der Waals surface area contributed by atoms with Gasteiger partial charge in [0.1, 0.15) is 11.5 Å². The first-order chi connectivity index (χ1) is 14.8. The smallest absolute Gasteiger partial charge is 0.282 e. The van der Waals surface area contributed by atoms with Crippen LogP contribution in [0.1, 0.15) is 22.3 Å². The molecule has 6 heteroatoms. The zero-order valence-electron chi connectivity index (χ0n) is 17.3. The lowest BCUT2D eigenvalue weighted by Crippen LogP contribution is -2.33. The van der Waals surface area contributed by atoms with Gasteiger partial charge in [0.05, 0.1) is 11.3 Å². The van der Waals surface area contributed by atoms with E-state index in [9.17, 15) is 14.0 Å². The highest BCUT2D eigenvalue weighted by Gasteiger charge is 2.41. The van der Waals surface area contributed by atoms with Crippen LogP contribution in [0, 0.1) is 26.6 Å². The number of amides is 2. The number of benzene rings is 3. The van der Waals surface area contributed by atoms with Crippen LogP contribution in [0.15, 0.2) is 66.4 Å². The van der Waals surface area contributed by atoms with Crippen molar-refractivity contribution in [3.63, 3.8) is 0 Å². The van der Waals surface area contributed by atoms with Gasteiger partial charge in [0.15, 0.2) is 0 Å². The van der Waals surface area contributed by atoms with Crippen LogP contribution < -0.4 is 10.2 Å². The summed E-state index contributed by atoms with van der Waals surface area (Å²) in [6.07, 6.45) is 0. The molecule has 156 valence electrons. The Morgan fingerprint density at radius 2 is 1.58 bits per heavy atom. The van der Waals surface area contributed by atoms with Crippen LogP contribution in [-0.4, -0.2) is 11.8 Å². The minimum Gasteiger partial charge on any atom is -0.350 e. The highest BCUT2D eigenvalue weighted by molar-refractivity contribution is 6.46. The Kier molecular flexibility index (Phi) is 5.38. The van der Waals surface area contributed by atoms with Crippen molar-refractivity contribution >= 4 is 40.4 Å². The number of nitrogens with one attached hydrogen (secondary N) is 1. The third-order valence-corrected chi connectivity index (χ3v) is 5.62. The fourth-order valence-electron chi connectivity index (χ4n) is 3.56. The summed E-state index contributed by atoms with van der Waals surface area (Å²) >= 11 is 6.15. The second kappa shape index (κ2) is 8.00. The number of carbonyl (C=O) groups is 2. The molecular weight excluding hydrogens is 415 g/mol. The highest BCUT2D eigenvalue weighted by Crippen LogP contribution is 2.36. The van der Waals surface area contributed by atoms with Crippen molar-refractivity contribution in [2.75, 3.05) is 10.2 Å². The van der Waals surface area contributed by atoms with Crippen LogP contribution in [0.2, 0.25) is 5.02 Å². The molecule has 0 fully saturated rings. The summed E-state index contributed by atoms with van der Waals surface area (Å²) in [7, 11) is 0. The molecule has 31 heavy (non-hydrogen) atoms.